The molecule has 0 fully saturated rings. The van der Waals surface area contributed by atoms with Gasteiger partial charge in [0, 0.05) is 5.56 Å². The third-order valence-electron chi connectivity index (χ3n) is 1.94. The second-order valence-corrected chi connectivity index (χ2v) is 7.38. The van der Waals surface area contributed by atoms with Crippen molar-refractivity contribution < 1.29 is 26.1 Å². The van der Waals surface area contributed by atoms with Crippen LogP contribution in [0, 0.1) is 0 Å². The highest BCUT2D eigenvalue weighted by Crippen LogP contribution is 2.47. The van der Waals surface area contributed by atoms with E-state index >= 15 is 0 Å². The van der Waals surface area contributed by atoms with Gasteiger partial charge in [-0.3, -0.25) is 4.55 Å². The topological polar surface area (TPSA) is 54.4 Å². The molecule has 1 N–H and O–H groups in total. The van der Waals surface area contributed by atoms with Gasteiger partial charge in [-0.1, -0.05) is 46.4 Å². The normalized spacial score (nSPS) is 13.7. The molecule has 1 aromatic rings. The lowest BCUT2D eigenvalue weighted by atomic mass is 10.1. The molecule has 0 radical (unpaired) electrons. The van der Waals surface area contributed by atoms with E-state index in [4.69, 9.17) is 51.0 Å². The molecule has 0 spiro atoms. The number of hydrogen-bond donors (Lipinski definition) is 1. The summed E-state index contributed by atoms with van der Waals surface area (Å²) in [5, 5.41) is -0.748. The highest BCUT2D eigenvalue weighted by molar-refractivity contribution is 7.86. The van der Waals surface area contributed by atoms with E-state index < -0.39 is 41.1 Å². The fraction of sp³-hybridized carbons (Fsp3) is 0.250. The molecular formula is C8H3Cl4F3O3S. The summed E-state index contributed by atoms with van der Waals surface area (Å²) < 4.78 is 66.3. The molecule has 0 saturated heterocycles. The average molecular weight is 378 g/mol. The zero-order valence-electron chi connectivity index (χ0n) is 8.47. The van der Waals surface area contributed by atoms with Crippen LogP contribution in [0.3, 0.4) is 0 Å². The van der Waals surface area contributed by atoms with E-state index in [0.29, 0.717) is 6.07 Å². The molecule has 0 aliphatic rings. The Morgan fingerprint density at radius 1 is 1.11 bits per heavy atom. The van der Waals surface area contributed by atoms with Crippen LogP contribution < -0.4 is 0 Å². The predicted molar refractivity (Wildman–Crippen MR) is 65.5 cm³/mol. The van der Waals surface area contributed by atoms with Gasteiger partial charge in [0.2, 0.25) is 3.79 Å². The lowest BCUT2D eigenvalue weighted by Crippen LogP contribution is -2.14. The van der Waals surface area contributed by atoms with E-state index in [1.807, 2.05) is 0 Å². The molecule has 19 heavy (non-hydrogen) atoms. The van der Waals surface area contributed by atoms with Crippen molar-refractivity contribution in [2.75, 3.05) is 0 Å². The SMILES string of the molecule is O=S(=O)(O)c1cc(C(F)(F)F)cc(Cl)c1C(Cl)(Cl)Cl. The smallest absolute Gasteiger partial charge is 0.282 e. The van der Waals surface area contributed by atoms with Crippen molar-refractivity contribution in [1.82, 2.24) is 0 Å². The maximum absolute atomic E-state index is 12.5. The Kier molecular flexibility index (Phi) is 4.62. The summed E-state index contributed by atoms with van der Waals surface area (Å²) in [7, 11) is -5.06. The Hall–Kier alpha value is 0.0800. The zero-order chi connectivity index (χ0) is 15.2. The molecule has 0 aromatic heterocycles. The van der Waals surface area contributed by atoms with Gasteiger partial charge in [0.15, 0.2) is 0 Å². The monoisotopic (exact) mass is 376 g/mol. The predicted octanol–water partition coefficient (Wildman–Crippen LogP) is 4.43. The summed E-state index contributed by atoms with van der Waals surface area (Å²) in [6.45, 7) is 0. The maximum atomic E-state index is 12.5. The van der Waals surface area contributed by atoms with Gasteiger partial charge in [-0.15, -0.1) is 0 Å². The van der Waals surface area contributed by atoms with E-state index in [1.165, 1.54) is 0 Å². The van der Waals surface area contributed by atoms with Gasteiger partial charge in [0.05, 0.1) is 10.6 Å². The number of hydrogen-bond acceptors (Lipinski definition) is 2. The summed E-state index contributed by atoms with van der Waals surface area (Å²) in [5.41, 5.74) is -2.15. The Balaban J connectivity index is 3.79. The van der Waals surface area contributed by atoms with Gasteiger partial charge in [-0.25, -0.2) is 0 Å². The summed E-state index contributed by atoms with van der Waals surface area (Å²) in [4.78, 5) is -1.22. The van der Waals surface area contributed by atoms with Crippen LogP contribution in [0.25, 0.3) is 0 Å². The van der Waals surface area contributed by atoms with E-state index in [0.717, 1.165) is 0 Å². The van der Waals surface area contributed by atoms with E-state index in [1.54, 1.807) is 0 Å². The third-order valence-corrected chi connectivity index (χ3v) is 3.69. The molecule has 0 unspecified atom stereocenters. The minimum absolute atomic E-state index is 0.137. The first kappa shape index (κ1) is 17.1. The number of alkyl halides is 6. The summed E-state index contributed by atoms with van der Waals surface area (Å²) in [6.07, 6.45) is -4.88. The fourth-order valence-corrected chi connectivity index (χ4v) is 3.36. The van der Waals surface area contributed by atoms with E-state index in [9.17, 15) is 21.6 Å². The standard InChI is InChI=1S/C8H3Cl4F3O3S/c9-4-1-3(8(13,14)15)2-5(19(16,17)18)6(4)7(10,11)12/h1-2H,(H,16,17,18). The maximum Gasteiger partial charge on any atom is 0.416 e. The van der Waals surface area contributed by atoms with Crippen molar-refractivity contribution >= 4 is 56.5 Å². The fourth-order valence-electron chi connectivity index (χ4n) is 1.22. The van der Waals surface area contributed by atoms with Crippen LogP contribution in [0.15, 0.2) is 17.0 Å². The number of halogens is 7. The molecule has 1 rings (SSSR count). The summed E-state index contributed by atoms with van der Waals surface area (Å²) >= 11 is 21.8. The van der Waals surface area contributed by atoms with Crippen LogP contribution in [0.2, 0.25) is 5.02 Å². The molecule has 0 heterocycles. The van der Waals surface area contributed by atoms with Gasteiger partial charge in [-0.2, -0.15) is 21.6 Å². The molecule has 0 bridgehead atoms. The lowest BCUT2D eigenvalue weighted by Gasteiger charge is -2.18. The van der Waals surface area contributed by atoms with Crippen LogP contribution in [-0.2, 0) is 20.1 Å². The molecule has 0 atom stereocenters. The van der Waals surface area contributed by atoms with Gasteiger partial charge in [0.25, 0.3) is 10.1 Å². The minimum atomic E-state index is -5.06. The third kappa shape index (κ3) is 4.03. The van der Waals surface area contributed by atoms with Crippen LogP contribution in [-0.4, -0.2) is 13.0 Å². The van der Waals surface area contributed by atoms with Crippen molar-refractivity contribution in [3.8, 4) is 0 Å². The molecule has 11 heteroatoms. The largest absolute Gasteiger partial charge is 0.416 e. The number of rotatable bonds is 1. The first-order chi connectivity index (χ1) is 8.24. The summed E-state index contributed by atoms with van der Waals surface area (Å²) in [5.74, 6) is 0. The van der Waals surface area contributed by atoms with Crippen LogP contribution in [0.5, 0.6) is 0 Å². The van der Waals surface area contributed by atoms with Gasteiger partial charge in [0.1, 0.15) is 4.90 Å². The van der Waals surface area contributed by atoms with Crippen LogP contribution >= 0.6 is 46.4 Å². The van der Waals surface area contributed by atoms with Gasteiger partial charge < -0.3 is 0 Å². The highest BCUT2D eigenvalue weighted by atomic mass is 35.6. The van der Waals surface area contributed by atoms with Crippen LogP contribution in [0.1, 0.15) is 11.1 Å². The second kappa shape index (κ2) is 5.13. The molecule has 108 valence electrons. The molecule has 0 saturated carbocycles. The van der Waals surface area contributed by atoms with Gasteiger partial charge in [-0.05, 0) is 12.1 Å². The highest BCUT2D eigenvalue weighted by Gasteiger charge is 2.38. The first-order valence-electron chi connectivity index (χ1n) is 4.20. The minimum Gasteiger partial charge on any atom is -0.282 e. The molecule has 0 aliphatic heterocycles. The van der Waals surface area contributed by atoms with Crippen molar-refractivity contribution in [2.24, 2.45) is 0 Å². The second-order valence-electron chi connectivity index (χ2n) is 3.30. The number of benzene rings is 1. The summed E-state index contributed by atoms with van der Waals surface area (Å²) in [6, 6.07) is 0.534. The molecule has 0 amide bonds. The lowest BCUT2D eigenvalue weighted by molar-refractivity contribution is -0.137. The van der Waals surface area contributed by atoms with E-state index in [2.05, 4.69) is 0 Å². The molecule has 1 aromatic carbocycles. The quantitative estimate of drug-likeness (QED) is 0.581. The molecular weight excluding hydrogens is 375 g/mol. The molecule has 3 nitrogen and oxygen atoms in total. The Bertz CT molecular complexity index is 607. The Morgan fingerprint density at radius 2 is 1.58 bits per heavy atom. The van der Waals surface area contributed by atoms with E-state index in [-0.39, 0.29) is 6.07 Å². The Labute approximate surface area is 125 Å². The van der Waals surface area contributed by atoms with Crippen molar-refractivity contribution in [2.45, 2.75) is 14.9 Å². The van der Waals surface area contributed by atoms with Crippen molar-refractivity contribution in [3.63, 3.8) is 0 Å². The first-order valence-corrected chi connectivity index (χ1v) is 7.15. The Morgan fingerprint density at radius 3 is 1.89 bits per heavy atom. The van der Waals surface area contributed by atoms with Crippen LogP contribution in [0.4, 0.5) is 13.2 Å². The van der Waals surface area contributed by atoms with Crippen molar-refractivity contribution in [3.05, 3.63) is 28.3 Å². The van der Waals surface area contributed by atoms with Crippen molar-refractivity contribution in [1.29, 1.82) is 0 Å². The average Bonchev–Trinajstić information content (AvgIpc) is 2.11. The molecule has 0 aliphatic carbocycles. The zero-order valence-corrected chi connectivity index (χ0v) is 12.3. The van der Waals surface area contributed by atoms with Gasteiger partial charge >= 0.3 is 6.18 Å².